The van der Waals surface area contributed by atoms with Crippen LogP contribution in [0.4, 0.5) is 13.2 Å². The maximum Gasteiger partial charge on any atom is 0.420 e. The summed E-state index contributed by atoms with van der Waals surface area (Å²) in [6.45, 7) is 1.72. The fraction of sp³-hybridized carbons (Fsp3) is 0.280. The molecule has 2 amide bonds. The van der Waals surface area contributed by atoms with E-state index in [1.807, 2.05) is 0 Å². The Balaban J connectivity index is 1.45. The van der Waals surface area contributed by atoms with Gasteiger partial charge in [-0.25, -0.2) is 0 Å². The summed E-state index contributed by atoms with van der Waals surface area (Å²) in [5.74, 6) is -0.611. The molecule has 0 saturated carbocycles. The molecule has 4 rings (SSSR count). The van der Waals surface area contributed by atoms with Crippen molar-refractivity contribution in [2.24, 2.45) is 4.99 Å². The number of benzene rings is 2. The van der Waals surface area contributed by atoms with Crippen molar-refractivity contribution in [1.29, 1.82) is 5.26 Å². The zero-order valence-corrected chi connectivity index (χ0v) is 20.4. The minimum Gasteiger partial charge on any atom is -0.493 e. The first kappa shape index (κ1) is 26.1. The molecule has 2 aliphatic rings. The van der Waals surface area contributed by atoms with Gasteiger partial charge in [-0.15, -0.1) is 0 Å². The number of hydrogen-bond donors (Lipinski definition) is 1. The second-order valence-corrected chi connectivity index (χ2v) is 9.11. The molecule has 1 saturated heterocycles. The smallest absolute Gasteiger partial charge is 0.420 e. The van der Waals surface area contributed by atoms with E-state index < -0.39 is 23.4 Å². The highest BCUT2D eigenvalue weighted by molar-refractivity contribution is 8.18. The molecule has 37 heavy (non-hydrogen) atoms. The highest BCUT2D eigenvalue weighted by atomic mass is 32.2. The number of thioether (sulfide) groups is 1. The number of halogens is 3. The second kappa shape index (κ2) is 11.0. The number of ether oxygens (including phenoxy) is 2. The van der Waals surface area contributed by atoms with Crippen molar-refractivity contribution in [2.45, 2.75) is 19.0 Å². The molecule has 0 aliphatic carbocycles. The third-order valence-electron chi connectivity index (χ3n) is 5.57. The molecule has 0 unspecified atom stereocenters. The largest absolute Gasteiger partial charge is 0.493 e. The van der Waals surface area contributed by atoms with Crippen molar-refractivity contribution in [3.63, 3.8) is 0 Å². The first-order chi connectivity index (χ1) is 17.7. The average Bonchev–Trinajstić information content (AvgIpc) is 3.43. The fourth-order valence-electron chi connectivity index (χ4n) is 3.76. The van der Waals surface area contributed by atoms with Gasteiger partial charge in [-0.2, -0.15) is 23.4 Å². The number of aliphatic imine (C=N–C) groups is 1. The molecule has 2 heterocycles. The van der Waals surface area contributed by atoms with Gasteiger partial charge in [-0.3, -0.25) is 9.59 Å². The van der Waals surface area contributed by atoms with Gasteiger partial charge < -0.3 is 19.7 Å². The molecule has 12 heteroatoms. The van der Waals surface area contributed by atoms with Crippen LogP contribution in [0.25, 0.3) is 6.08 Å². The summed E-state index contributed by atoms with van der Waals surface area (Å²) in [7, 11) is 1.34. The van der Waals surface area contributed by atoms with Crippen molar-refractivity contribution in [3.05, 3.63) is 58.0 Å². The van der Waals surface area contributed by atoms with Crippen LogP contribution in [0, 0.1) is 11.3 Å². The molecule has 0 radical (unpaired) electrons. The molecule has 0 spiro atoms. The molecule has 1 fully saturated rings. The molecule has 8 nitrogen and oxygen atoms in total. The van der Waals surface area contributed by atoms with Crippen LogP contribution in [0.3, 0.4) is 0 Å². The van der Waals surface area contributed by atoms with Crippen LogP contribution in [0.5, 0.6) is 17.2 Å². The molecule has 2 aromatic carbocycles. The molecular formula is C25H21F3N4O4S. The van der Waals surface area contributed by atoms with Crippen molar-refractivity contribution in [3.8, 4) is 23.3 Å². The van der Waals surface area contributed by atoms with Crippen molar-refractivity contribution < 1.29 is 32.2 Å². The number of nitriles is 1. The van der Waals surface area contributed by atoms with Crippen molar-refractivity contribution in [2.75, 3.05) is 26.7 Å². The number of methoxy groups -OCH3 is 1. The van der Waals surface area contributed by atoms with E-state index in [1.54, 1.807) is 23.1 Å². The van der Waals surface area contributed by atoms with Crippen LogP contribution >= 0.6 is 11.8 Å². The van der Waals surface area contributed by atoms with Gasteiger partial charge in [0.05, 0.1) is 29.2 Å². The van der Waals surface area contributed by atoms with Gasteiger partial charge in [0.15, 0.2) is 16.7 Å². The second-order valence-electron chi connectivity index (χ2n) is 8.08. The fourth-order valence-corrected chi connectivity index (χ4v) is 4.60. The normalized spacial score (nSPS) is 16.7. The number of amidine groups is 1. The lowest BCUT2D eigenvalue weighted by Gasteiger charge is -2.16. The zero-order chi connectivity index (χ0) is 26.6. The average molecular weight is 531 g/mol. The topological polar surface area (TPSA) is 104 Å². The monoisotopic (exact) mass is 530 g/mol. The highest BCUT2D eigenvalue weighted by Crippen LogP contribution is 2.41. The number of hydrogen-bond acceptors (Lipinski definition) is 7. The number of likely N-dealkylation sites (tertiary alicyclic amines) is 1. The Hall–Kier alpha value is -3.98. The molecule has 1 N–H and O–H groups in total. The summed E-state index contributed by atoms with van der Waals surface area (Å²) in [5, 5.41) is 12.4. The summed E-state index contributed by atoms with van der Waals surface area (Å²) in [5.41, 5.74) is -0.679. The summed E-state index contributed by atoms with van der Waals surface area (Å²) < 4.78 is 51.3. The van der Waals surface area contributed by atoms with Gasteiger partial charge >= 0.3 is 6.18 Å². The molecule has 2 aliphatic heterocycles. The Labute approximate surface area is 214 Å². The highest BCUT2D eigenvalue weighted by Gasteiger charge is 2.35. The lowest BCUT2D eigenvalue weighted by Crippen LogP contribution is -2.34. The molecule has 192 valence electrons. The van der Waals surface area contributed by atoms with E-state index >= 15 is 0 Å². The van der Waals surface area contributed by atoms with Crippen LogP contribution in [0.2, 0.25) is 0 Å². The number of rotatable bonds is 7. The van der Waals surface area contributed by atoms with Crippen molar-refractivity contribution >= 4 is 34.8 Å². The molecule has 2 aromatic rings. The van der Waals surface area contributed by atoms with E-state index in [0.717, 1.165) is 36.9 Å². The quantitative estimate of drug-likeness (QED) is 0.524. The van der Waals surface area contributed by atoms with Crippen LogP contribution < -0.4 is 14.8 Å². The predicted octanol–water partition coefficient (Wildman–Crippen LogP) is 4.56. The van der Waals surface area contributed by atoms with Gasteiger partial charge in [0.1, 0.15) is 5.75 Å². The molecule has 0 atom stereocenters. The van der Waals surface area contributed by atoms with Gasteiger partial charge in [0.2, 0.25) is 5.91 Å². The Kier molecular flexibility index (Phi) is 7.73. The van der Waals surface area contributed by atoms with Crippen LogP contribution in [-0.2, 0) is 15.8 Å². The predicted molar refractivity (Wildman–Crippen MR) is 131 cm³/mol. The maximum atomic E-state index is 13.5. The lowest BCUT2D eigenvalue weighted by atomic mass is 10.1. The number of carbonyl (C=O) groups excluding carboxylic acids is 2. The standard InChI is InChI=1S/C25H21F3N4O4S/c1-35-20-12-15(4-7-19(20)36-18-6-5-16(14-29)11-17(18)25(26,27)28)13-21-23(34)31-24(37-21)30-8-10-32-9-2-3-22(32)33/h4-7,11-13H,2-3,8-10H2,1H3,(H,30,31,34)/b21-13+. The van der Waals surface area contributed by atoms with Gasteiger partial charge in [0, 0.05) is 26.1 Å². The molecular weight excluding hydrogens is 509 g/mol. The third kappa shape index (κ3) is 6.24. The minimum absolute atomic E-state index is 0.0281. The number of carbonyl (C=O) groups is 2. The van der Waals surface area contributed by atoms with Gasteiger partial charge in [0.25, 0.3) is 5.91 Å². The lowest BCUT2D eigenvalue weighted by molar-refractivity contribution is -0.138. The Morgan fingerprint density at radius 3 is 2.65 bits per heavy atom. The van der Waals surface area contributed by atoms with Crippen LogP contribution in [0.15, 0.2) is 46.3 Å². The van der Waals surface area contributed by atoms with Crippen LogP contribution in [0.1, 0.15) is 29.5 Å². The number of nitrogens with zero attached hydrogens (tertiary/aromatic N) is 3. The first-order valence-corrected chi connectivity index (χ1v) is 12.0. The summed E-state index contributed by atoms with van der Waals surface area (Å²) in [6, 6.07) is 9.24. The first-order valence-electron chi connectivity index (χ1n) is 11.2. The molecule has 0 bridgehead atoms. The van der Waals surface area contributed by atoms with Gasteiger partial charge in [-0.1, -0.05) is 6.07 Å². The number of amides is 2. The number of nitrogens with one attached hydrogen (secondary N) is 1. The SMILES string of the molecule is COc1cc(/C=C2/SC(NCCN3CCCC3=O)=NC2=O)ccc1Oc1ccc(C#N)cc1C(F)(F)F. The maximum absolute atomic E-state index is 13.5. The third-order valence-corrected chi connectivity index (χ3v) is 6.51. The van der Waals surface area contributed by atoms with E-state index in [9.17, 15) is 22.8 Å². The van der Waals surface area contributed by atoms with Crippen LogP contribution in [-0.4, -0.2) is 48.6 Å². The summed E-state index contributed by atoms with van der Waals surface area (Å²) in [4.78, 5) is 30.1. The summed E-state index contributed by atoms with van der Waals surface area (Å²) in [6.07, 6.45) is -1.73. The number of alkyl halides is 3. The van der Waals surface area contributed by atoms with E-state index in [-0.39, 0.29) is 23.0 Å². The zero-order valence-electron chi connectivity index (χ0n) is 19.6. The van der Waals surface area contributed by atoms with E-state index in [4.69, 9.17) is 14.7 Å². The molecule has 0 aromatic heterocycles. The Bertz CT molecular complexity index is 1330. The Morgan fingerprint density at radius 2 is 1.97 bits per heavy atom. The van der Waals surface area contributed by atoms with E-state index in [1.165, 1.54) is 25.3 Å². The Morgan fingerprint density at radius 1 is 1.19 bits per heavy atom. The summed E-state index contributed by atoms with van der Waals surface area (Å²) >= 11 is 1.15. The van der Waals surface area contributed by atoms with Gasteiger partial charge in [-0.05, 0) is 60.2 Å². The minimum atomic E-state index is -4.73. The van der Waals surface area contributed by atoms with E-state index in [2.05, 4.69) is 10.3 Å². The van der Waals surface area contributed by atoms with E-state index in [0.29, 0.717) is 35.1 Å². The van der Waals surface area contributed by atoms with Crippen molar-refractivity contribution in [1.82, 2.24) is 10.2 Å².